The Labute approximate surface area is 158 Å². The number of carbonyl (C=O) groups excluding carboxylic acids is 1. The average Bonchev–Trinajstić information content (AvgIpc) is 3.12. The van der Waals surface area contributed by atoms with Gasteiger partial charge in [-0.3, -0.25) is 4.79 Å². The normalized spacial score (nSPS) is 13.2. The number of carbonyl (C=O) groups is 1. The van der Waals surface area contributed by atoms with Crippen molar-refractivity contribution < 1.29 is 4.79 Å². The topological polar surface area (TPSA) is 20.3 Å². The van der Waals surface area contributed by atoms with Crippen LogP contribution in [0.1, 0.15) is 27.0 Å². The monoisotopic (exact) mass is 359 g/mol. The van der Waals surface area contributed by atoms with Crippen molar-refractivity contribution in [2.75, 3.05) is 4.90 Å². The van der Waals surface area contributed by atoms with Crippen LogP contribution >= 0.6 is 11.6 Å². The second kappa shape index (κ2) is 7.19. The van der Waals surface area contributed by atoms with Crippen molar-refractivity contribution in [2.24, 2.45) is 0 Å². The van der Waals surface area contributed by atoms with E-state index >= 15 is 0 Å². The summed E-state index contributed by atoms with van der Waals surface area (Å²) in [4.78, 5) is 14.8. The van der Waals surface area contributed by atoms with E-state index in [1.807, 2.05) is 48.5 Å². The van der Waals surface area contributed by atoms with Crippen LogP contribution < -0.4 is 4.90 Å². The standard InChI is InChI=1S/C23H18ClNO/c24-21-11-8-17(9-12-21)10-13-23(26)18-6-3-7-22(14-18)25-15-19-4-1-2-5-20(19)16-25/h1-14H,15-16H2/b13-10+. The Hall–Kier alpha value is -2.84. The van der Waals surface area contributed by atoms with Gasteiger partial charge >= 0.3 is 0 Å². The molecule has 0 fully saturated rings. The van der Waals surface area contributed by atoms with Crippen LogP contribution in [0.3, 0.4) is 0 Å². The van der Waals surface area contributed by atoms with Crippen molar-refractivity contribution >= 4 is 29.1 Å². The molecule has 0 N–H and O–H groups in total. The molecule has 0 bridgehead atoms. The highest BCUT2D eigenvalue weighted by atomic mass is 35.5. The molecule has 1 aliphatic heterocycles. The molecule has 1 heterocycles. The van der Waals surface area contributed by atoms with Gasteiger partial charge in [-0.15, -0.1) is 0 Å². The smallest absolute Gasteiger partial charge is 0.185 e. The first-order chi connectivity index (χ1) is 12.7. The molecular formula is C23H18ClNO. The van der Waals surface area contributed by atoms with Crippen molar-refractivity contribution in [2.45, 2.75) is 13.1 Å². The van der Waals surface area contributed by atoms with E-state index in [0.717, 1.165) is 24.3 Å². The van der Waals surface area contributed by atoms with Crippen molar-refractivity contribution in [1.82, 2.24) is 0 Å². The highest BCUT2D eigenvalue weighted by Crippen LogP contribution is 2.28. The van der Waals surface area contributed by atoms with Crippen molar-refractivity contribution in [1.29, 1.82) is 0 Å². The fourth-order valence-electron chi connectivity index (χ4n) is 3.21. The average molecular weight is 360 g/mol. The molecule has 0 saturated heterocycles. The number of ketones is 1. The second-order valence-electron chi connectivity index (χ2n) is 6.42. The molecule has 26 heavy (non-hydrogen) atoms. The fourth-order valence-corrected chi connectivity index (χ4v) is 3.34. The fraction of sp³-hybridized carbons (Fsp3) is 0.0870. The van der Waals surface area contributed by atoms with Crippen LogP contribution in [0.5, 0.6) is 0 Å². The van der Waals surface area contributed by atoms with Gasteiger partial charge < -0.3 is 4.90 Å². The summed E-state index contributed by atoms with van der Waals surface area (Å²) in [6.07, 6.45) is 3.43. The maximum Gasteiger partial charge on any atom is 0.185 e. The largest absolute Gasteiger partial charge is 0.363 e. The minimum Gasteiger partial charge on any atom is -0.363 e. The lowest BCUT2D eigenvalue weighted by Gasteiger charge is -2.18. The summed E-state index contributed by atoms with van der Waals surface area (Å²) in [5, 5.41) is 0.688. The Balaban J connectivity index is 1.51. The van der Waals surface area contributed by atoms with E-state index in [-0.39, 0.29) is 5.78 Å². The molecule has 0 spiro atoms. The van der Waals surface area contributed by atoms with Gasteiger partial charge in [-0.25, -0.2) is 0 Å². The highest BCUT2D eigenvalue weighted by Gasteiger charge is 2.19. The van der Waals surface area contributed by atoms with E-state index in [0.29, 0.717) is 10.6 Å². The molecule has 0 atom stereocenters. The molecule has 0 radical (unpaired) electrons. The van der Waals surface area contributed by atoms with Crippen LogP contribution in [0, 0.1) is 0 Å². The van der Waals surface area contributed by atoms with E-state index in [1.54, 1.807) is 6.08 Å². The Morgan fingerprint density at radius 2 is 1.58 bits per heavy atom. The second-order valence-corrected chi connectivity index (χ2v) is 6.86. The summed E-state index contributed by atoms with van der Waals surface area (Å²) >= 11 is 5.89. The van der Waals surface area contributed by atoms with Gasteiger partial charge in [0.25, 0.3) is 0 Å². The zero-order valence-electron chi connectivity index (χ0n) is 14.2. The van der Waals surface area contributed by atoms with Crippen LogP contribution in [-0.2, 0) is 13.1 Å². The van der Waals surface area contributed by atoms with E-state index in [4.69, 9.17) is 11.6 Å². The van der Waals surface area contributed by atoms with Gasteiger partial charge in [0, 0.05) is 29.4 Å². The Kier molecular flexibility index (Phi) is 4.59. The van der Waals surface area contributed by atoms with Gasteiger partial charge in [-0.2, -0.15) is 0 Å². The molecule has 0 unspecified atom stereocenters. The van der Waals surface area contributed by atoms with Crippen LogP contribution in [-0.4, -0.2) is 5.78 Å². The third-order valence-electron chi connectivity index (χ3n) is 4.63. The Morgan fingerprint density at radius 3 is 2.27 bits per heavy atom. The van der Waals surface area contributed by atoms with Crippen molar-refractivity contribution in [3.63, 3.8) is 0 Å². The first kappa shape index (κ1) is 16.6. The molecule has 3 aromatic rings. The van der Waals surface area contributed by atoms with Gasteiger partial charge in [-0.05, 0) is 47.0 Å². The Bertz CT molecular complexity index is 951. The van der Waals surface area contributed by atoms with E-state index < -0.39 is 0 Å². The molecule has 128 valence electrons. The van der Waals surface area contributed by atoms with Crippen LogP contribution in [0.25, 0.3) is 6.08 Å². The summed E-state index contributed by atoms with van der Waals surface area (Å²) in [5.74, 6) is -0.00138. The third-order valence-corrected chi connectivity index (χ3v) is 4.89. The number of fused-ring (bicyclic) bond motifs is 1. The predicted molar refractivity (Wildman–Crippen MR) is 108 cm³/mol. The van der Waals surface area contributed by atoms with Gasteiger partial charge in [0.1, 0.15) is 0 Å². The van der Waals surface area contributed by atoms with E-state index in [1.165, 1.54) is 11.1 Å². The molecule has 3 aromatic carbocycles. The van der Waals surface area contributed by atoms with E-state index in [9.17, 15) is 4.79 Å². The molecule has 2 nitrogen and oxygen atoms in total. The molecule has 0 aromatic heterocycles. The molecule has 0 amide bonds. The lowest BCUT2D eigenvalue weighted by Crippen LogP contribution is -2.14. The quantitative estimate of drug-likeness (QED) is 0.436. The molecule has 1 aliphatic rings. The number of allylic oxidation sites excluding steroid dienone is 1. The molecule has 0 saturated carbocycles. The number of nitrogens with zero attached hydrogens (tertiary/aromatic N) is 1. The number of hydrogen-bond donors (Lipinski definition) is 0. The van der Waals surface area contributed by atoms with Crippen molar-refractivity contribution in [3.8, 4) is 0 Å². The third kappa shape index (κ3) is 3.56. The zero-order chi connectivity index (χ0) is 17.9. The number of benzene rings is 3. The summed E-state index contributed by atoms with van der Waals surface area (Å²) in [6, 6.07) is 23.7. The maximum atomic E-state index is 12.5. The maximum absolute atomic E-state index is 12.5. The number of halogens is 1. The van der Waals surface area contributed by atoms with Crippen LogP contribution in [0.15, 0.2) is 78.9 Å². The number of hydrogen-bond acceptors (Lipinski definition) is 2. The SMILES string of the molecule is O=C(/C=C/c1ccc(Cl)cc1)c1cccc(N2Cc3ccccc3C2)c1. The van der Waals surface area contributed by atoms with Gasteiger partial charge in [0.2, 0.25) is 0 Å². The summed E-state index contributed by atoms with van der Waals surface area (Å²) in [7, 11) is 0. The first-order valence-corrected chi connectivity index (χ1v) is 8.97. The minimum atomic E-state index is -0.00138. The van der Waals surface area contributed by atoms with Crippen molar-refractivity contribution in [3.05, 3.63) is 106 Å². The lowest BCUT2D eigenvalue weighted by atomic mass is 10.1. The van der Waals surface area contributed by atoms with Crippen LogP contribution in [0.4, 0.5) is 5.69 Å². The zero-order valence-corrected chi connectivity index (χ0v) is 15.0. The molecule has 0 aliphatic carbocycles. The van der Waals surface area contributed by atoms with Gasteiger partial charge in [0.05, 0.1) is 0 Å². The highest BCUT2D eigenvalue weighted by molar-refractivity contribution is 6.30. The summed E-state index contributed by atoms with van der Waals surface area (Å²) < 4.78 is 0. The number of anilines is 1. The Morgan fingerprint density at radius 1 is 0.885 bits per heavy atom. The van der Waals surface area contributed by atoms with E-state index in [2.05, 4.69) is 35.2 Å². The summed E-state index contributed by atoms with van der Waals surface area (Å²) in [5.41, 5.74) is 5.43. The number of rotatable bonds is 4. The van der Waals surface area contributed by atoms with Gasteiger partial charge in [0.15, 0.2) is 5.78 Å². The predicted octanol–water partition coefficient (Wildman–Crippen LogP) is 5.76. The van der Waals surface area contributed by atoms with Gasteiger partial charge in [-0.1, -0.05) is 66.2 Å². The molecule has 3 heteroatoms. The van der Waals surface area contributed by atoms with Crippen LogP contribution in [0.2, 0.25) is 5.02 Å². The molecular weight excluding hydrogens is 342 g/mol. The summed E-state index contributed by atoms with van der Waals surface area (Å²) in [6.45, 7) is 1.77. The first-order valence-electron chi connectivity index (χ1n) is 8.59. The lowest BCUT2D eigenvalue weighted by molar-refractivity contribution is 0.104. The minimum absolute atomic E-state index is 0.00138. The molecule has 4 rings (SSSR count).